The van der Waals surface area contributed by atoms with Gasteiger partial charge in [-0.1, -0.05) is 36.4 Å². The summed E-state index contributed by atoms with van der Waals surface area (Å²) in [5.74, 6) is 0.235. The molecule has 57 heavy (non-hydrogen) atoms. The minimum absolute atomic E-state index is 0.143. The number of methoxy groups -OCH3 is 1. The number of carbonyl (C=O) groups is 2. The summed E-state index contributed by atoms with van der Waals surface area (Å²) in [6, 6.07) is 25.5. The van der Waals surface area contributed by atoms with Crippen molar-refractivity contribution in [2.45, 2.75) is 33.4 Å². The summed E-state index contributed by atoms with van der Waals surface area (Å²) in [5.41, 5.74) is 7.81. The summed E-state index contributed by atoms with van der Waals surface area (Å²) >= 11 is 0. The van der Waals surface area contributed by atoms with Crippen LogP contribution in [0.25, 0.3) is 22.2 Å². The van der Waals surface area contributed by atoms with E-state index in [1.807, 2.05) is 73.0 Å². The molecule has 8 rings (SSSR count). The van der Waals surface area contributed by atoms with E-state index in [9.17, 15) is 19.7 Å². The molecular formula is C44H47N7O6. The topological polar surface area (TPSA) is 139 Å². The zero-order valence-electron chi connectivity index (χ0n) is 32.9. The van der Waals surface area contributed by atoms with Crippen LogP contribution in [0.5, 0.6) is 5.75 Å². The van der Waals surface area contributed by atoms with Crippen molar-refractivity contribution < 1.29 is 24.0 Å². The van der Waals surface area contributed by atoms with Crippen LogP contribution in [0.4, 0.5) is 11.4 Å². The smallest absolute Gasteiger partial charge is 0.270 e. The van der Waals surface area contributed by atoms with Gasteiger partial charge in [0.05, 0.1) is 49.1 Å². The molecule has 1 N–H and O–H groups in total. The van der Waals surface area contributed by atoms with Gasteiger partial charge in [-0.25, -0.2) is 0 Å². The van der Waals surface area contributed by atoms with Crippen molar-refractivity contribution in [2.24, 2.45) is 7.05 Å². The number of non-ortho nitro benzene ring substituents is 1. The number of rotatable bonds is 8. The van der Waals surface area contributed by atoms with E-state index in [2.05, 4.69) is 28.2 Å². The second-order valence-corrected chi connectivity index (χ2v) is 14.5. The maximum Gasteiger partial charge on any atom is 0.270 e. The number of nitrogens with one attached hydrogen (secondary N) is 1. The highest BCUT2D eigenvalue weighted by molar-refractivity contribution is 6.09. The minimum Gasteiger partial charge on any atom is -0.496 e. The van der Waals surface area contributed by atoms with Crippen LogP contribution in [0, 0.1) is 24.0 Å². The number of aromatic amines is 1. The second kappa shape index (κ2) is 16.8. The van der Waals surface area contributed by atoms with Crippen LogP contribution in [0.15, 0.2) is 91.1 Å². The molecule has 4 aromatic carbocycles. The van der Waals surface area contributed by atoms with Crippen molar-refractivity contribution in [3.8, 4) is 17.0 Å². The maximum absolute atomic E-state index is 14.7. The number of anilines is 1. The molecule has 0 unspecified atom stereocenters. The first-order chi connectivity index (χ1) is 27.5. The van der Waals surface area contributed by atoms with E-state index in [4.69, 9.17) is 9.47 Å². The van der Waals surface area contributed by atoms with E-state index in [1.54, 1.807) is 36.2 Å². The Kier molecular flexibility index (Phi) is 11.5. The number of nitro groups is 1. The van der Waals surface area contributed by atoms with E-state index >= 15 is 0 Å². The van der Waals surface area contributed by atoms with Gasteiger partial charge in [-0.05, 0) is 86.0 Å². The highest BCUT2D eigenvalue weighted by atomic mass is 16.6. The molecule has 4 heterocycles. The SMILES string of the molecule is CN1CCOCC1.COc1cccc(CN(C(=O)c2cc(-c3cc([N+](=O)[O-])ccc3C(=O)N3CCc4ccccc4C3)n(C)c2C)c2ccc3[nH]ncc3c2)c1C. The van der Waals surface area contributed by atoms with Gasteiger partial charge in [0.2, 0.25) is 0 Å². The largest absolute Gasteiger partial charge is 0.496 e. The number of likely N-dealkylation sites (N-methyl/N-ethyl adjacent to an activating group) is 1. The third-order valence-corrected chi connectivity index (χ3v) is 11.1. The Bertz CT molecular complexity index is 2450. The molecule has 0 aliphatic carbocycles. The average molecular weight is 770 g/mol. The number of fused-ring (bicyclic) bond motifs is 2. The first-order valence-electron chi connectivity index (χ1n) is 19.0. The Hall–Kier alpha value is -6.31. The molecule has 2 aromatic heterocycles. The predicted molar refractivity (Wildman–Crippen MR) is 220 cm³/mol. The molecule has 1 fully saturated rings. The van der Waals surface area contributed by atoms with Crippen LogP contribution in [-0.2, 0) is 31.3 Å². The Balaban J connectivity index is 0.000000641. The molecule has 0 atom stereocenters. The summed E-state index contributed by atoms with van der Waals surface area (Å²) in [6.07, 6.45) is 2.44. The fourth-order valence-electron chi connectivity index (χ4n) is 7.46. The molecule has 6 aromatic rings. The Morgan fingerprint density at radius 1 is 0.930 bits per heavy atom. The summed E-state index contributed by atoms with van der Waals surface area (Å²) in [5, 5.41) is 19.9. The number of H-pyrrole nitrogens is 1. The summed E-state index contributed by atoms with van der Waals surface area (Å²) in [7, 11) is 5.54. The van der Waals surface area contributed by atoms with Gasteiger partial charge in [0.25, 0.3) is 17.5 Å². The van der Waals surface area contributed by atoms with Gasteiger partial charge in [0.15, 0.2) is 0 Å². The van der Waals surface area contributed by atoms with Gasteiger partial charge in [-0.3, -0.25) is 24.8 Å². The van der Waals surface area contributed by atoms with Gasteiger partial charge in [-0.15, -0.1) is 0 Å². The quantitative estimate of drug-likeness (QED) is 0.128. The van der Waals surface area contributed by atoms with Gasteiger partial charge in [0, 0.05) is 78.9 Å². The number of carbonyl (C=O) groups excluding carboxylic acids is 2. The van der Waals surface area contributed by atoms with Crippen molar-refractivity contribution >= 4 is 34.1 Å². The van der Waals surface area contributed by atoms with Gasteiger partial charge in [0.1, 0.15) is 5.75 Å². The number of amides is 2. The van der Waals surface area contributed by atoms with E-state index in [1.165, 1.54) is 23.8 Å². The van der Waals surface area contributed by atoms with E-state index in [-0.39, 0.29) is 24.0 Å². The van der Waals surface area contributed by atoms with Crippen molar-refractivity contribution in [3.05, 3.63) is 140 Å². The molecule has 1 saturated heterocycles. The molecular weight excluding hydrogens is 723 g/mol. The van der Waals surface area contributed by atoms with Gasteiger partial charge < -0.3 is 28.7 Å². The van der Waals surface area contributed by atoms with Crippen molar-refractivity contribution in [1.82, 2.24) is 24.6 Å². The second-order valence-electron chi connectivity index (χ2n) is 14.5. The molecule has 2 aliphatic heterocycles. The molecule has 0 radical (unpaired) electrons. The van der Waals surface area contributed by atoms with Crippen molar-refractivity contribution in [3.63, 3.8) is 0 Å². The highest BCUT2D eigenvalue weighted by Gasteiger charge is 2.29. The van der Waals surface area contributed by atoms with E-state index in [0.29, 0.717) is 46.9 Å². The van der Waals surface area contributed by atoms with Crippen LogP contribution in [0.1, 0.15) is 48.7 Å². The van der Waals surface area contributed by atoms with Gasteiger partial charge in [-0.2, -0.15) is 5.10 Å². The molecule has 294 valence electrons. The van der Waals surface area contributed by atoms with Crippen LogP contribution in [0.3, 0.4) is 0 Å². The third-order valence-electron chi connectivity index (χ3n) is 11.1. The lowest BCUT2D eigenvalue weighted by molar-refractivity contribution is -0.384. The Labute approximate surface area is 331 Å². The summed E-state index contributed by atoms with van der Waals surface area (Å²) in [6.45, 7) is 9.05. The third kappa shape index (κ3) is 8.16. The molecule has 0 saturated carbocycles. The first kappa shape index (κ1) is 38.9. The average Bonchev–Trinajstić information content (AvgIpc) is 3.83. The lowest BCUT2D eigenvalue weighted by Gasteiger charge is -2.29. The predicted octanol–water partition coefficient (Wildman–Crippen LogP) is 7.10. The van der Waals surface area contributed by atoms with Crippen molar-refractivity contribution in [2.75, 3.05) is 51.9 Å². The molecule has 2 aliphatic rings. The number of nitrogens with zero attached hydrogens (tertiary/aromatic N) is 6. The number of benzene rings is 4. The molecule has 0 bridgehead atoms. The van der Waals surface area contributed by atoms with Crippen LogP contribution in [0.2, 0.25) is 0 Å². The summed E-state index contributed by atoms with van der Waals surface area (Å²) in [4.78, 5) is 46.1. The van der Waals surface area contributed by atoms with Crippen LogP contribution < -0.4 is 9.64 Å². The monoisotopic (exact) mass is 769 g/mol. The van der Waals surface area contributed by atoms with Crippen LogP contribution in [-0.4, -0.2) is 88.3 Å². The zero-order chi connectivity index (χ0) is 40.2. The number of nitro benzene ring substituents is 1. The Morgan fingerprint density at radius 3 is 2.42 bits per heavy atom. The van der Waals surface area contributed by atoms with Crippen LogP contribution >= 0.6 is 0 Å². The fourth-order valence-corrected chi connectivity index (χ4v) is 7.46. The lowest BCUT2D eigenvalue weighted by Crippen LogP contribution is -2.36. The number of hydrogen-bond acceptors (Lipinski definition) is 8. The first-order valence-corrected chi connectivity index (χ1v) is 19.0. The number of hydrogen-bond donors (Lipinski definition) is 1. The van der Waals surface area contributed by atoms with Crippen molar-refractivity contribution in [1.29, 1.82) is 0 Å². The molecule has 13 nitrogen and oxygen atoms in total. The van der Waals surface area contributed by atoms with E-state index < -0.39 is 4.92 Å². The number of morpholine rings is 1. The normalized spacial score (nSPS) is 14.1. The fraction of sp³-hybridized carbons (Fsp3) is 0.295. The summed E-state index contributed by atoms with van der Waals surface area (Å²) < 4.78 is 12.5. The molecule has 13 heteroatoms. The van der Waals surface area contributed by atoms with Gasteiger partial charge >= 0.3 is 0 Å². The maximum atomic E-state index is 14.7. The lowest BCUT2D eigenvalue weighted by atomic mass is 9.97. The zero-order valence-corrected chi connectivity index (χ0v) is 32.9. The molecule has 0 spiro atoms. The number of aromatic nitrogens is 3. The Morgan fingerprint density at radius 2 is 1.70 bits per heavy atom. The molecule has 2 amide bonds. The highest BCUT2D eigenvalue weighted by Crippen LogP contribution is 2.35. The minimum atomic E-state index is -0.471. The standard InChI is InChI=1S/C39H36N6O5.C5H11NO/c1-24-27(10-7-11-37(24)50-4)23-44(30-13-15-35-29(18-30)21-40-41-35)39(47)33-20-36(42(3)25(33)2)34-19-31(45(48)49)12-14-32(34)38(46)43-17-16-26-8-5-6-9-28(26)22-43;1-6-2-4-7-5-3-6/h5-15,18-21H,16-17,22-23H2,1-4H3,(H,40,41);2-5H2,1H3. The van der Waals surface area contributed by atoms with E-state index in [0.717, 1.165) is 66.1 Å². The number of ether oxygens (including phenoxy) is 2.